The molecule has 0 aromatic heterocycles. The molecule has 1 rings (SSSR count). The minimum Gasteiger partial charge on any atom is -0.380 e. The smallest absolute Gasteiger partial charge is 0.151 e. The zero-order chi connectivity index (χ0) is 11.3. The minimum atomic E-state index is -1.39. The summed E-state index contributed by atoms with van der Waals surface area (Å²) in [7, 11) is 1.65. The number of ether oxygens (including phenoxy) is 1. The molecule has 0 saturated carbocycles. The summed E-state index contributed by atoms with van der Waals surface area (Å²) in [6.45, 7) is 3.93. The Morgan fingerprint density at radius 2 is 1.93 bits per heavy atom. The van der Waals surface area contributed by atoms with Crippen molar-refractivity contribution < 1.29 is 9.13 Å². The van der Waals surface area contributed by atoms with Crippen molar-refractivity contribution in [2.45, 2.75) is 26.1 Å². The number of benzene rings is 1. The minimum absolute atomic E-state index is 0.562. The molecule has 2 heteroatoms. The number of hydrogen-bond donors (Lipinski definition) is 0. The van der Waals surface area contributed by atoms with Crippen molar-refractivity contribution in [3.8, 4) is 0 Å². The fourth-order valence-electron chi connectivity index (χ4n) is 1.50. The maximum atomic E-state index is 14.0. The number of halogens is 1. The van der Waals surface area contributed by atoms with E-state index in [4.69, 9.17) is 4.74 Å². The molecule has 15 heavy (non-hydrogen) atoms. The number of alkyl halides is 1. The van der Waals surface area contributed by atoms with Gasteiger partial charge in [0.15, 0.2) is 5.67 Å². The molecule has 1 aromatic rings. The predicted octanol–water partition coefficient (Wildman–Crippen LogP) is 3.59. The van der Waals surface area contributed by atoms with Crippen molar-refractivity contribution in [3.63, 3.8) is 0 Å². The second kappa shape index (κ2) is 5.08. The number of hydrogen-bond acceptors (Lipinski definition) is 1. The summed E-state index contributed by atoms with van der Waals surface area (Å²) < 4.78 is 19.0. The first-order valence-electron chi connectivity index (χ1n) is 5.01. The quantitative estimate of drug-likeness (QED) is 0.687. The molecule has 0 N–H and O–H groups in total. The van der Waals surface area contributed by atoms with Crippen LogP contribution >= 0.6 is 0 Å². The lowest BCUT2D eigenvalue weighted by Gasteiger charge is -2.16. The molecular formula is C13H17FO. The van der Waals surface area contributed by atoms with E-state index >= 15 is 0 Å². The Morgan fingerprint density at radius 3 is 2.40 bits per heavy atom. The van der Waals surface area contributed by atoms with E-state index in [-0.39, 0.29) is 0 Å². The van der Waals surface area contributed by atoms with Crippen molar-refractivity contribution >= 4 is 0 Å². The molecular weight excluding hydrogens is 191 g/mol. The monoisotopic (exact) mass is 208 g/mol. The summed E-state index contributed by atoms with van der Waals surface area (Å²) in [5.41, 5.74) is 0.332. The first-order valence-corrected chi connectivity index (χ1v) is 5.01. The molecule has 0 aliphatic heterocycles. The van der Waals surface area contributed by atoms with Gasteiger partial charge in [0.2, 0.25) is 0 Å². The molecule has 1 unspecified atom stereocenters. The Balaban J connectivity index is 2.88. The van der Waals surface area contributed by atoms with Gasteiger partial charge in [0.1, 0.15) is 0 Å². The van der Waals surface area contributed by atoms with Crippen LogP contribution in [0.3, 0.4) is 0 Å². The summed E-state index contributed by atoms with van der Waals surface area (Å²) in [5.74, 6) is 0. The lowest BCUT2D eigenvalue weighted by molar-refractivity contribution is 0.184. The van der Waals surface area contributed by atoms with E-state index < -0.39 is 5.67 Å². The normalized spacial score (nSPS) is 15.5. The van der Waals surface area contributed by atoms with Gasteiger partial charge < -0.3 is 4.74 Å². The molecule has 0 saturated heterocycles. The van der Waals surface area contributed by atoms with Crippen molar-refractivity contribution in [2.75, 3.05) is 7.11 Å². The topological polar surface area (TPSA) is 9.23 Å². The summed E-state index contributed by atoms with van der Waals surface area (Å²) in [6, 6.07) is 7.38. The lowest BCUT2D eigenvalue weighted by atomic mass is 9.96. The van der Waals surface area contributed by atoms with Gasteiger partial charge in [-0.2, -0.15) is 0 Å². The molecule has 0 amide bonds. The Hall–Kier alpha value is -1.15. The second-order valence-electron chi connectivity index (χ2n) is 3.71. The molecule has 1 nitrogen and oxygen atoms in total. The molecule has 0 aliphatic carbocycles. The van der Waals surface area contributed by atoms with E-state index in [2.05, 4.69) is 0 Å². The molecule has 0 aliphatic rings. The van der Waals surface area contributed by atoms with E-state index in [1.807, 2.05) is 19.1 Å². The van der Waals surface area contributed by atoms with E-state index in [0.29, 0.717) is 12.2 Å². The zero-order valence-electron chi connectivity index (χ0n) is 9.46. The average Bonchev–Trinajstić information content (AvgIpc) is 2.19. The van der Waals surface area contributed by atoms with E-state index in [9.17, 15) is 4.39 Å². The Morgan fingerprint density at radius 1 is 1.33 bits per heavy atom. The fourth-order valence-corrected chi connectivity index (χ4v) is 1.50. The van der Waals surface area contributed by atoms with Crippen molar-refractivity contribution in [1.29, 1.82) is 0 Å². The third-order valence-corrected chi connectivity index (χ3v) is 2.31. The van der Waals surface area contributed by atoms with Crippen molar-refractivity contribution in [3.05, 3.63) is 47.5 Å². The third-order valence-electron chi connectivity index (χ3n) is 2.31. The van der Waals surface area contributed by atoms with Crippen LogP contribution in [0.15, 0.2) is 36.4 Å². The second-order valence-corrected chi connectivity index (χ2v) is 3.71. The SMILES string of the molecule is C/C=C/C(C)(F)c1ccc(COC)cc1. The fraction of sp³-hybridized carbons (Fsp3) is 0.385. The molecule has 0 fully saturated rings. The maximum Gasteiger partial charge on any atom is 0.151 e. The van der Waals surface area contributed by atoms with Gasteiger partial charge in [-0.05, 0) is 31.1 Å². The van der Waals surface area contributed by atoms with Crippen LogP contribution in [0.25, 0.3) is 0 Å². The highest BCUT2D eigenvalue weighted by Crippen LogP contribution is 2.27. The zero-order valence-corrected chi connectivity index (χ0v) is 9.46. The highest BCUT2D eigenvalue weighted by Gasteiger charge is 2.21. The maximum absolute atomic E-state index is 14.0. The van der Waals surface area contributed by atoms with Crippen molar-refractivity contribution in [2.24, 2.45) is 0 Å². The molecule has 1 atom stereocenters. The highest BCUT2D eigenvalue weighted by atomic mass is 19.1. The van der Waals surface area contributed by atoms with Crippen molar-refractivity contribution in [1.82, 2.24) is 0 Å². The summed E-state index contributed by atoms with van der Waals surface area (Å²) in [6.07, 6.45) is 3.28. The van der Waals surface area contributed by atoms with E-state index in [1.54, 1.807) is 38.3 Å². The van der Waals surface area contributed by atoms with Crippen LogP contribution in [-0.4, -0.2) is 7.11 Å². The van der Waals surface area contributed by atoms with Gasteiger partial charge in [0.05, 0.1) is 6.61 Å². The van der Waals surface area contributed by atoms with Crippen LogP contribution in [0.2, 0.25) is 0 Å². The van der Waals surface area contributed by atoms with Gasteiger partial charge in [-0.3, -0.25) is 0 Å². The lowest BCUT2D eigenvalue weighted by Crippen LogP contribution is -2.11. The van der Waals surface area contributed by atoms with Gasteiger partial charge in [-0.25, -0.2) is 4.39 Å². The first kappa shape index (κ1) is 11.9. The largest absolute Gasteiger partial charge is 0.380 e. The van der Waals surface area contributed by atoms with Crippen LogP contribution in [0, 0.1) is 0 Å². The van der Waals surface area contributed by atoms with E-state index in [1.165, 1.54) is 0 Å². The van der Waals surface area contributed by atoms with Gasteiger partial charge in [-0.1, -0.05) is 30.3 Å². The summed E-state index contributed by atoms with van der Waals surface area (Å²) in [5, 5.41) is 0. The summed E-state index contributed by atoms with van der Waals surface area (Å²) >= 11 is 0. The van der Waals surface area contributed by atoms with Crippen LogP contribution in [0.1, 0.15) is 25.0 Å². The number of allylic oxidation sites excluding steroid dienone is 2. The first-order chi connectivity index (χ1) is 7.10. The van der Waals surface area contributed by atoms with Crippen LogP contribution in [-0.2, 0) is 17.0 Å². The van der Waals surface area contributed by atoms with Gasteiger partial charge in [-0.15, -0.1) is 0 Å². The molecule has 82 valence electrons. The third kappa shape index (κ3) is 3.17. The van der Waals surface area contributed by atoms with E-state index in [0.717, 1.165) is 5.56 Å². The number of rotatable bonds is 4. The standard InChI is InChI=1S/C13H17FO/c1-4-9-13(2,14)12-7-5-11(6-8-12)10-15-3/h4-9H,10H2,1-3H3/b9-4+. The molecule has 0 heterocycles. The van der Waals surface area contributed by atoms with Crippen LogP contribution in [0.5, 0.6) is 0 Å². The molecule has 0 radical (unpaired) electrons. The van der Waals surface area contributed by atoms with Crippen LogP contribution in [0.4, 0.5) is 4.39 Å². The Bertz CT molecular complexity index is 325. The molecule has 1 aromatic carbocycles. The predicted molar refractivity (Wildman–Crippen MR) is 60.4 cm³/mol. The Kier molecular flexibility index (Phi) is 4.04. The Labute approximate surface area is 90.6 Å². The van der Waals surface area contributed by atoms with Gasteiger partial charge in [0.25, 0.3) is 0 Å². The van der Waals surface area contributed by atoms with Gasteiger partial charge in [0, 0.05) is 7.11 Å². The van der Waals surface area contributed by atoms with Gasteiger partial charge >= 0.3 is 0 Å². The summed E-state index contributed by atoms with van der Waals surface area (Å²) in [4.78, 5) is 0. The number of methoxy groups -OCH3 is 1. The average molecular weight is 208 g/mol. The highest BCUT2D eigenvalue weighted by molar-refractivity contribution is 5.29. The molecule has 0 spiro atoms. The molecule has 0 bridgehead atoms. The van der Waals surface area contributed by atoms with Crippen LogP contribution < -0.4 is 0 Å².